The van der Waals surface area contributed by atoms with Gasteiger partial charge in [0.2, 0.25) is 0 Å². The standard InChI is InChI=1S/C15H21N3S/c1-2-12-6-4-3-5-9-18(12)15-17-13-8-7-11(16)10-14(13)19-15/h7-8,10,12H,2-6,9,16H2,1H3. The highest BCUT2D eigenvalue weighted by Crippen LogP contribution is 2.33. The van der Waals surface area contributed by atoms with E-state index in [4.69, 9.17) is 10.7 Å². The van der Waals surface area contributed by atoms with Crippen molar-refractivity contribution in [1.82, 2.24) is 4.98 Å². The molecule has 0 radical (unpaired) electrons. The molecular formula is C15H21N3S. The topological polar surface area (TPSA) is 42.2 Å². The third-order valence-corrected chi connectivity index (χ3v) is 5.05. The lowest BCUT2D eigenvalue weighted by atomic mass is 10.1. The summed E-state index contributed by atoms with van der Waals surface area (Å²) < 4.78 is 1.20. The van der Waals surface area contributed by atoms with Crippen LogP contribution in [0, 0.1) is 0 Å². The van der Waals surface area contributed by atoms with Crippen molar-refractivity contribution in [3.05, 3.63) is 18.2 Å². The summed E-state index contributed by atoms with van der Waals surface area (Å²) in [6, 6.07) is 6.66. The minimum Gasteiger partial charge on any atom is -0.399 e. The Kier molecular flexibility index (Phi) is 3.60. The van der Waals surface area contributed by atoms with Gasteiger partial charge in [-0.25, -0.2) is 4.98 Å². The second-order valence-corrected chi connectivity index (χ2v) is 6.34. The van der Waals surface area contributed by atoms with Gasteiger partial charge in [-0.1, -0.05) is 31.1 Å². The molecule has 102 valence electrons. The van der Waals surface area contributed by atoms with Crippen molar-refractivity contribution in [3.8, 4) is 0 Å². The van der Waals surface area contributed by atoms with E-state index in [9.17, 15) is 0 Å². The fourth-order valence-corrected chi connectivity index (χ4v) is 4.02. The number of hydrogen-bond acceptors (Lipinski definition) is 4. The van der Waals surface area contributed by atoms with Crippen LogP contribution in [0.15, 0.2) is 18.2 Å². The summed E-state index contributed by atoms with van der Waals surface area (Å²) in [4.78, 5) is 7.33. The predicted octanol–water partition coefficient (Wildman–Crippen LogP) is 4.04. The molecule has 0 aliphatic carbocycles. The summed E-state index contributed by atoms with van der Waals surface area (Å²) >= 11 is 1.78. The van der Waals surface area contributed by atoms with E-state index in [1.165, 1.54) is 41.9 Å². The molecule has 0 bridgehead atoms. The highest BCUT2D eigenvalue weighted by Gasteiger charge is 2.22. The molecule has 0 spiro atoms. The lowest BCUT2D eigenvalue weighted by Gasteiger charge is -2.28. The third-order valence-electron chi connectivity index (χ3n) is 4.00. The second kappa shape index (κ2) is 5.37. The number of nitrogens with zero attached hydrogens (tertiary/aromatic N) is 2. The van der Waals surface area contributed by atoms with E-state index in [2.05, 4.69) is 11.8 Å². The van der Waals surface area contributed by atoms with Gasteiger partial charge in [-0.2, -0.15) is 0 Å². The molecule has 0 amide bonds. The zero-order valence-electron chi connectivity index (χ0n) is 11.4. The molecule has 1 aliphatic rings. The Bertz CT molecular complexity index is 564. The normalized spacial score (nSPS) is 20.7. The Morgan fingerprint density at radius 3 is 3.11 bits per heavy atom. The number of nitrogens with two attached hydrogens (primary N) is 1. The Morgan fingerprint density at radius 2 is 2.26 bits per heavy atom. The van der Waals surface area contributed by atoms with Crippen LogP contribution < -0.4 is 10.6 Å². The van der Waals surface area contributed by atoms with E-state index >= 15 is 0 Å². The van der Waals surface area contributed by atoms with Crippen molar-refractivity contribution in [2.24, 2.45) is 0 Å². The molecule has 2 aromatic rings. The number of nitrogen functional groups attached to an aromatic ring is 1. The summed E-state index contributed by atoms with van der Waals surface area (Å²) in [5.74, 6) is 0. The molecule has 2 N–H and O–H groups in total. The molecule has 19 heavy (non-hydrogen) atoms. The number of hydrogen-bond donors (Lipinski definition) is 1. The summed E-state index contributed by atoms with van der Waals surface area (Å²) in [5, 5.41) is 1.18. The van der Waals surface area contributed by atoms with E-state index in [0.29, 0.717) is 6.04 Å². The average Bonchev–Trinajstić information content (AvgIpc) is 2.67. The average molecular weight is 275 g/mol. The first kappa shape index (κ1) is 12.7. The lowest BCUT2D eigenvalue weighted by molar-refractivity contribution is 0.556. The van der Waals surface area contributed by atoms with Gasteiger partial charge in [0.1, 0.15) is 0 Å². The van der Waals surface area contributed by atoms with Crippen LogP contribution >= 0.6 is 11.3 Å². The second-order valence-electron chi connectivity index (χ2n) is 5.33. The van der Waals surface area contributed by atoms with Gasteiger partial charge in [0.05, 0.1) is 10.2 Å². The fourth-order valence-electron chi connectivity index (χ4n) is 2.91. The number of rotatable bonds is 2. The van der Waals surface area contributed by atoms with E-state index < -0.39 is 0 Å². The van der Waals surface area contributed by atoms with E-state index in [1.807, 2.05) is 18.2 Å². The molecule has 2 heterocycles. The van der Waals surface area contributed by atoms with Crippen molar-refractivity contribution in [2.75, 3.05) is 17.2 Å². The van der Waals surface area contributed by atoms with Crippen molar-refractivity contribution in [3.63, 3.8) is 0 Å². The minimum atomic E-state index is 0.653. The zero-order valence-corrected chi connectivity index (χ0v) is 12.2. The molecule has 1 unspecified atom stereocenters. The van der Waals surface area contributed by atoms with Gasteiger partial charge in [0, 0.05) is 18.3 Å². The van der Waals surface area contributed by atoms with Gasteiger partial charge in [-0.05, 0) is 37.5 Å². The van der Waals surface area contributed by atoms with Crippen LogP contribution in [-0.2, 0) is 0 Å². The first-order valence-electron chi connectivity index (χ1n) is 7.20. The Balaban J connectivity index is 1.96. The van der Waals surface area contributed by atoms with Crippen LogP contribution in [-0.4, -0.2) is 17.6 Å². The van der Waals surface area contributed by atoms with E-state index in [-0.39, 0.29) is 0 Å². The molecule has 1 fully saturated rings. The largest absolute Gasteiger partial charge is 0.399 e. The molecule has 4 heteroatoms. The SMILES string of the molecule is CCC1CCCCCN1c1nc2ccc(N)cc2s1. The smallest absolute Gasteiger partial charge is 0.186 e. The van der Waals surface area contributed by atoms with Crippen LogP contribution in [0.2, 0.25) is 0 Å². The highest BCUT2D eigenvalue weighted by atomic mass is 32.1. The quantitative estimate of drug-likeness (QED) is 0.841. The van der Waals surface area contributed by atoms with Crippen LogP contribution in [0.4, 0.5) is 10.8 Å². The molecule has 1 aliphatic heterocycles. The third kappa shape index (κ3) is 2.54. The van der Waals surface area contributed by atoms with Crippen LogP contribution in [0.3, 0.4) is 0 Å². The summed E-state index contributed by atoms with van der Waals surface area (Å²) in [5.41, 5.74) is 7.76. The van der Waals surface area contributed by atoms with Gasteiger partial charge in [0.25, 0.3) is 0 Å². The minimum absolute atomic E-state index is 0.653. The Hall–Kier alpha value is -1.29. The fraction of sp³-hybridized carbons (Fsp3) is 0.533. The molecule has 1 saturated heterocycles. The van der Waals surface area contributed by atoms with E-state index in [1.54, 1.807) is 11.3 Å². The van der Waals surface area contributed by atoms with Crippen LogP contribution in [0.1, 0.15) is 39.0 Å². The van der Waals surface area contributed by atoms with Gasteiger partial charge in [0.15, 0.2) is 5.13 Å². The summed E-state index contributed by atoms with van der Waals surface area (Å²) in [6.07, 6.45) is 6.50. The molecule has 3 nitrogen and oxygen atoms in total. The van der Waals surface area contributed by atoms with Crippen molar-refractivity contribution < 1.29 is 0 Å². The van der Waals surface area contributed by atoms with Gasteiger partial charge < -0.3 is 10.6 Å². The Morgan fingerprint density at radius 1 is 1.37 bits per heavy atom. The van der Waals surface area contributed by atoms with Crippen LogP contribution in [0.25, 0.3) is 10.2 Å². The first-order valence-corrected chi connectivity index (χ1v) is 8.02. The lowest BCUT2D eigenvalue weighted by Crippen LogP contribution is -2.34. The van der Waals surface area contributed by atoms with Crippen molar-refractivity contribution in [1.29, 1.82) is 0 Å². The monoisotopic (exact) mass is 275 g/mol. The number of aromatic nitrogens is 1. The molecule has 0 saturated carbocycles. The van der Waals surface area contributed by atoms with Crippen molar-refractivity contribution >= 4 is 32.4 Å². The van der Waals surface area contributed by atoms with Gasteiger partial charge in [-0.15, -0.1) is 0 Å². The van der Waals surface area contributed by atoms with Gasteiger partial charge in [-0.3, -0.25) is 0 Å². The van der Waals surface area contributed by atoms with Gasteiger partial charge >= 0.3 is 0 Å². The van der Waals surface area contributed by atoms with Crippen molar-refractivity contribution in [2.45, 2.75) is 45.1 Å². The van der Waals surface area contributed by atoms with Crippen LogP contribution in [0.5, 0.6) is 0 Å². The molecule has 3 rings (SSSR count). The number of benzene rings is 1. The maximum atomic E-state index is 5.86. The number of thiazole rings is 1. The molecule has 1 aromatic carbocycles. The highest BCUT2D eigenvalue weighted by molar-refractivity contribution is 7.22. The summed E-state index contributed by atoms with van der Waals surface area (Å²) in [7, 11) is 0. The number of fused-ring (bicyclic) bond motifs is 1. The predicted molar refractivity (Wildman–Crippen MR) is 83.9 cm³/mol. The molecule has 1 atom stereocenters. The Labute approximate surface area is 118 Å². The maximum Gasteiger partial charge on any atom is 0.186 e. The summed E-state index contributed by atoms with van der Waals surface area (Å²) in [6.45, 7) is 3.43. The molecule has 1 aromatic heterocycles. The number of anilines is 2. The zero-order chi connectivity index (χ0) is 13.2. The first-order chi connectivity index (χ1) is 9.28. The van der Waals surface area contributed by atoms with E-state index in [0.717, 1.165) is 17.7 Å². The molecular weight excluding hydrogens is 254 g/mol. The maximum absolute atomic E-state index is 5.86.